The van der Waals surface area contributed by atoms with Crippen molar-refractivity contribution in [3.63, 3.8) is 0 Å². The zero-order valence-corrected chi connectivity index (χ0v) is 18.8. The third-order valence-corrected chi connectivity index (χ3v) is 6.54. The number of methoxy groups -OCH3 is 1. The lowest BCUT2D eigenvalue weighted by atomic mass is 9.88. The summed E-state index contributed by atoms with van der Waals surface area (Å²) < 4.78 is 32.2. The van der Waals surface area contributed by atoms with E-state index in [1.54, 1.807) is 19.2 Å². The van der Waals surface area contributed by atoms with Crippen LogP contribution in [0.3, 0.4) is 0 Å². The normalized spacial score (nSPS) is 11.4. The van der Waals surface area contributed by atoms with Crippen molar-refractivity contribution >= 4 is 21.6 Å². The van der Waals surface area contributed by atoms with Gasteiger partial charge in [0.05, 0.1) is 4.90 Å². The van der Waals surface area contributed by atoms with Gasteiger partial charge < -0.3 is 10.1 Å². The molecule has 0 bridgehead atoms. The van der Waals surface area contributed by atoms with E-state index in [0.717, 1.165) is 11.1 Å². The molecule has 3 rings (SSSR count). The molecule has 168 valence electrons. The van der Waals surface area contributed by atoms with Gasteiger partial charge in [-0.3, -0.25) is 4.79 Å². The number of hydrogen-bond donors (Lipinski definition) is 2. The number of benzene rings is 3. The van der Waals surface area contributed by atoms with Crippen LogP contribution in [0.4, 0.5) is 5.69 Å². The molecule has 0 atom stereocenters. The van der Waals surface area contributed by atoms with E-state index < -0.39 is 10.0 Å². The smallest absolute Gasteiger partial charge is 0.240 e. The minimum Gasteiger partial charge on any atom is -0.385 e. The number of carbonyl (C=O) groups excluding carboxylic acids is 1. The Bertz CT molecular complexity index is 1050. The number of carbonyl (C=O) groups is 1. The van der Waals surface area contributed by atoms with Crippen LogP contribution < -0.4 is 10.0 Å². The SMILES string of the molecule is COCCCNS(=O)(=O)c1ccc(NC(=O)CC(c2ccccc2)c2ccccc2)cc1. The van der Waals surface area contributed by atoms with Gasteiger partial charge in [-0.05, 0) is 41.8 Å². The Kier molecular flexibility index (Phi) is 8.56. The van der Waals surface area contributed by atoms with Gasteiger partial charge in [0, 0.05) is 38.3 Å². The topological polar surface area (TPSA) is 84.5 Å². The van der Waals surface area contributed by atoms with E-state index in [4.69, 9.17) is 4.74 Å². The van der Waals surface area contributed by atoms with Gasteiger partial charge in [0.1, 0.15) is 0 Å². The molecule has 6 nitrogen and oxygen atoms in total. The van der Waals surface area contributed by atoms with Crippen molar-refractivity contribution in [1.29, 1.82) is 0 Å². The van der Waals surface area contributed by atoms with E-state index in [9.17, 15) is 13.2 Å². The molecule has 0 saturated carbocycles. The van der Waals surface area contributed by atoms with Crippen molar-refractivity contribution < 1.29 is 17.9 Å². The van der Waals surface area contributed by atoms with Crippen LogP contribution in [-0.2, 0) is 19.6 Å². The molecule has 7 heteroatoms. The van der Waals surface area contributed by atoms with E-state index in [1.165, 1.54) is 12.1 Å². The first-order chi connectivity index (χ1) is 15.5. The second-order valence-corrected chi connectivity index (χ2v) is 9.16. The number of ether oxygens (including phenoxy) is 1. The lowest BCUT2D eigenvalue weighted by molar-refractivity contribution is -0.116. The Morgan fingerprint density at radius 1 is 0.875 bits per heavy atom. The molecule has 0 heterocycles. The highest BCUT2D eigenvalue weighted by Gasteiger charge is 2.19. The molecule has 1 amide bonds. The maximum atomic E-state index is 12.8. The number of sulfonamides is 1. The highest BCUT2D eigenvalue weighted by molar-refractivity contribution is 7.89. The molecule has 2 N–H and O–H groups in total. The van der Waals surface area contributed by atoms with E-state index in [-0.39, 0.29) is 23.1 Å². The first-order valence-corrected chi connectivity index (χ1v) is 12.0. The fraction of sp³-hybridized carbons (Fsp3) is 0.240. The summed E-state index contributed by atoms with van der Waals surface area (Å²) in [7, 11) is -2.02. The fourth-order valence-corrected chi connectivity index (χ4v) is 4.49. The number of amides is 1. The predicted octanol–water partition coefficient (Wildman–Crippen LogP) is 4.16. The fourth-order valence-electron chi connectivity index (χ4n) is 3.42. The zero-order valence-electron chi connectivity index (χ0n) is 18.0. The molecule has 0 aromatic heterocycles. The number of anilines is 1. The molecule has 0 aliphatic heterocycles. The molecule has 3 aromatic rings. The van der Waals surface area contributed by atoms with E-state index in [0.29, 0.717) is 25.3 Å². The number of nitrogens with one attached hydrogen (secondary N) is 2. The third kappa shape index (κ3) is 6.75. The van der Waals surface area contributed by atoms with Crippen molar-refractivity contribution in [3.8, 4) is 0 Å². The van der Waals surface area contributed by atoms with Gasteiger partial charge in [-0.1, -0.05) is 60.7 Å². The first kappa shape index (κ1) is 23.7. The van der Waals surface area contributed by atoms with Crippen molar-refractivity contribution in [3.05, 3.63) is 96.1 Å². The molecule has 3 aromatic carbocycles. The Hall–Kier alpha value is -3.00. The van der Waals surface area contributed by atoms with E-state index in [1.807, 2.05) is 60.7 Å². The predicted molar refractivity (Wildman–Crippen MR) is 126 cm³/mol. The average Bonchev–Trinajstić information content (AvgIpc) is 2.82. The summed E-state index contributed by atoms with van der Waals surface area (Å²) in [4.78, 5) is 13.0. The van der Waals surface area contributed by atoms with E-state index in [2.05, 4.69) is 10.0 Å². The monoisotopic (exact) mass is 452 g/mol. The van der Waals surface area contributed by atoms with Gasteiger partial charge in [0.15, 0.2) is 0 Å². The van der Waals surface area contributed by atoms with Crippen molar-refractivity contribution in [2.24, 2.45) is 0 Å². The third-order valence-electron chi connectivity index (χ3n) is 5.06. The molecule has 0 saturated heterocycles. The van der Waals surface area contributed by atoms with Crippen LogP contribution >= 0.6 is 0 Å². The molecule has 0 spiro atoms. The van der Waals surface area contributed by atoms with Crippen LogP contribution in [0.5, 0.6) is 0 Å². The number of hydrogen-bond acceptors (Lipinski definition) is 4. The van der Waals surface area contributed by atoms with Crippen LogP contribution in [0.2, 0.25) is 0 Å². The largest absolute Gasteiger partial charge is 0.385 e. The maximum absolute atomic E-state index is 12.8. The quantitative estimate of drug-likeness (QED) is 0.428. The van der Waals surface area contributed by atoms with Crippen LogP contribution in [0.25, 0.3) is 0 Å². The Morgan fingerprint density at radius 3 is 1.97 bits per heavy atom. The molecule has 32 heavy (non-hydrogen) atoms. The summed E-state index contributed by atoms with van der Waals surface area (Å²) in [5.74, 6) is -0.218. The van der Waals surface area contributed by atoms with Gasteiger partial charge in [-0.25, -0.2) is 13.1 Å². The van der Waals surface area contributed by atoms with Crippen molar-refractivity contribution in [1.82, 2.24) is 4.72 Å². The van der Waals surface area contributed by atoms with Gasteiger partial charge in [0.25, 0.3) is 0 Å². The first-order valence-electron chi connectivity index (χ1n) is 10.5. The van der Waals surface area contributed by atoms with Gasteiger partial charge in [-0.2, -0.15) is 0 Å². The maximum Gasteiger partial charge on any atom is 0.240 e. The highest BCUT2D eigenvalue weighted by atomic mass is 32.2. The second-order valence-electron chi connectivity index (χ2n) is 7.39. The summed E-state index contributed by atoms with van der Waals surface area (Å²) in [6, 6.07) is 26.0. The minimum absolute atomic E-state index is 0.0756. The molecular weight excluding hydrogens is 424 g/mol. The Morgan fingerprint density at radius 2 is 1.44 bits per heavy atom. The molecule has 0 aliphatic carbocycles. The van der Waals surface area contributed by atoms with Crippen molar-refractivity contribution in [2.75, 3.05) is 25.6 Å². The molecule has 0 fully saturated rings. The lowest BCUT2D eigenvalue weighted by Gasteiger charge is -2.18. The van der Waals surface area contributed by atoms with Crippen LogP contribution in [0, 0.1) is 0 Å². The Balaban J connectivity index is 1.66. The summed E-state index contributed by atoms with van der Waals surface area (Å²) in [5, 5.41) is 2.88. The summed E-state index contributed by atoms with van der Waals surface area (Å²) in [6.45, 7) is 0.787. The van der Waals surface area contributed by atoms with E-state index >= 15 is 0 Å². The zero-order chi connectivity index (χ0) is 22.8. The van der Waals surface area contributed by atoms with Crippen molar-refractivity contribution in [2.45, 2.75) is 23.7 Å². The van der Waals surface area contributed by atoms with Crippen LogP contribution in [0.15, 0.2) is 89.8 Å². The van der Waals surface area contributed by atoms with Gasteiger partial charge in [0.2, 0.25) is 15.9 Å². The van der Waals surface area contributed by atoms with Gasteiger partial charge >= 0.3 is 0 Å². The van der Waals surface area contributed by atoms with Crippen LogP contribution in [0.1, 0.15) is 29.9 Å². The Labute approximate surface area is 189 Å². The summed E-state index contributed by atoms with van der Waals surface area (Å²) in [6.07, 6.45) is 0.864. The molecule has 0 aliphatic rings. The highest BCUT2D eigenvalue weighted by Crippen LogP contribution is 2.28. The molecule has 0 unspecified atom stereocenters. The molecular formula is C25H28N2O4S. The minimum atomic E-state index is -3.60. The van der Waals surface area contributed by atoms with Crippen LogP contribution in [-0.4, -0.2) is 34.6 Å². The standard InChI is InChI=1S/C25H28N2O4S/c1-31-18-8-17-26-32(29,30)23-15-13-22(14-16-23)27-25(28)19-24(20-9-4-2-5-10-20)21-11-6-3-7-12-21/h2-7,9-16,24,26H,8,17-19H2,1H3,(H,27,28). The average molecular weight is 453 g/mol. The molecule has 0 radical (unpaired) electrons. The number of rotatable bonds is 11. The van der Waals surface area contributed by atoms with Gasteiger partial charge in [-0.15, -0.1) is 0 Å². The summed E-state index contributed by atoms with van der Waals surface area (Å²) in [5.41, 5.74) is 2.68. The lowest BCUT2D eigenvalue weighted by Crippen LogP contribution is -2.25. The second kappa shape index (κ2) is 11.6. The summed E-state index contributed by atoms with van der Waals surface area (Å²) >= 11 is 0.